The highest BCUT2D eigenvalue weighted by molar-refractivity contribution is 9.10. The van der Waals surface area contributed by atoms with Crippen molar-refractivity contribution in [3.63, 3.8) is 0 Å². The molecule has 0 radical (unpaired) electrons. The van der Waals surface area contributed by atoms with Gasteiger partial charge in [-0.25, -0.2) is 0 Å². The van der Waals surface area contributed by atoms with Crippen LogP contribution in [0.15, 0.2) is 28.7 Å². The number of nitrogens with one attached hydrogen (secondary N) is 1. The predicted molar refractivity (Wildman–Crippen MR) is 87.9 cm³/mol. The van der Waals surface area contributed by atoms with E-state index in [1.807, 2.05) is 24.3 Å². The van der Waals surface area contributed by atoms with Crippen molar-refractivity contribution >= 4 is 39.0 Å². The third kappa shape index (κ3) is 4.54. The van der Waals surface area contributed by atoms with Gasteiger partial charge in [0.2, 0.25) is 0 Å². The lowest BCUT2D eigenvalue weighted by Gasteiger charge is -2.31. The van der Waals surface area contributed by atoms with Gasteiger partial charge in [-0.3, -0.25) is 9.69 Å². The fourth-order valence-corrected chi connectivity index (χ4v) is 2.94. The third-order valence-corrected chi connectivity index (χ3v) is 4.01. The molecular formula is C14H18BrN3OS. The third-order valence-electron chi connectivity index (χ3n) is 3.39. The van der Waals surface area contributed by atoms with Gasteiger partial charge in [0.25, 0.3) is 5.91 Å². The first kappa shape index (κ1) is 15.4. The lowest BCUT2D eigenvalue weighted by molar-refractivity contribution is 0.0915. The SMILES string of the molecule is NC(=S)CN1CCC(NC(=O)c2cccc(Br)c2)CC1. The van der Waals surface area contributed by atoms with Gasteiger partial charge in [-0.05, 0) is 31.0 Å². The molecule has 6 heteroatoms. The van der Waals surface area contributed by atoms with Gasteiger partial charge in [-0.2, -0.15) is 0 Å². The van der Waals surface area contributed by atoms with Gasteiger partial charge in [0.1, 0.15) is 0 Å². The van der Waals surface area contributed by atoms with Gasteiger partial charge in [-0.1, -0.05) is 34.2 Å². The minimum atomic E-state index is -0.0147. The number of likely N-dealkylation sites (tertiary alicyclic amines) is 1. The summed E-state index contributed by atoms with van der Waals surface area (Å²) in [5, 5.41) is 3.09. The monoisotopic (exact) mass is 355 g/mol. The van der Waals surface area contributed by atoms with Crippen molar-refractivity contribution < 1.29 is 4.79 Å². The van der Waals surface area contributed by atoms with Crippen molar-refractivity contribution in [3.05, 3.63) is 34.3 Å². The highest BCUT2D eigenvalue weighted by Crippen LogP contribution is 2.14. The maximum Gasteiger partial charge on any atom is 0.251 e. The van der Waals surface area contributed by atoms with Crippen molar-refractivity contribution in [2.24, 2.45) is 5.73 Å². The molecule has 0 unspecified atom stereocenters. The number of hydrogen-bond donors (Lipinski definition) is 2. The minimum Gasteiger partial charge on any atom is -0.392 e. The highest BCUT2D eigenvalue weighted by Gasteiger charge is 2.21. The molecule has 0 aromatic heterocycles. The van der Waals surface area contributed by atoms with Crippen molar-refractivity contribution in [2.45, 2.75) is 18.9 Å². The van der Waals surface area contributed by atoms with Crippen molar-refractivity contribution in [1.29, 1.82) is 0 Å². The molecule has 1 aromatic carbocycles. The van der Waals surface area contributed by atoms with E-state index in [2.05, 4.69) is 26.1 Å². The summed E-state index contributed by atoms with van der Waals surface area (Å²) in [6.07, 6.45) is 1.87. The first-order valence-corrected chi connectivity index (χ1v) is 7.82. The normalized spacial score (nSPS) is 16.9. The summed E-state index contributed by atoms with van der Waals surface area (Å²) in [5.41, 5.74) is 6.23. The number of nitrogens with two attached hydrogens (primary N) is 1. The van der Waals surface area contributed by atoms with Gasteiger partial charge in [0.15, 0.2) is 0 Å². The minimum absolute atomic E-state index is 0.0147. The Morgan fingerprint density at radius 2 is 2.15 bits per heavy atom. The number of halogens is 1. The number of nitrogens with zero attached hydrogens (tertiary/aromatic N) is 1. The maximum atomic E-state index is 12.1. The second-order valence-corrected chi connectivity index (χ2v) is 6.44. The van der Waals surface area contributed by atoms with Gasteiger partial charge >= 0.3 is 0 Å². The molecule has 2 rings (SSSR count). The highest BCUT2D eigenvalue weighted by atomic mass is 79.9. The van der Waals surface area contributed by atoms with E-state index in [0.717, 1.165) is 30.4 Å². The Balaban J connectivity index is 1.83. The summed E-state index contributed by atoms with van der Waals surface area (Å²) in [4.78, 5) is 14.9. The molecule has 1 aliphatic heterocycles. The molecule has 4 nitrogen and oxygen atoms in total. The van der Waals surface area contributed by atoms with Gasteiger partial charge in [-0.15, -0.1) is 0 Å². The number of benzene rings is 1. The Hall–Kier alpha value is -0.980. The summed E-state index contributed by atoms with van der Waals surface area (Å²) in [5.74, 6) is -0.0147. The van der Waals surface area contributed by atoms with E-state index < -0.39 is 0 Å². The van der Waals surface area contributed by atoms with Crippen LogP contribution in [0.5, 0.6) is 0 Å². The van der Waals surface area contributed by atoms with Crippen LogP contribution in [-0.4, -0.2) is 41.5 Å². The van der Waals surface area contributed by atoms with E-state index >= 15 is 0 Å². The zero-order chi connectivity index (χ0) is 14.5. The van der Waals surface area contributed by atoms with Crippen LogP contribution in [0.3, 0.4) is 0 Å². The molecule has 1 amide bonds. The summed E-state index contributed by atoms with van der Waals surface area (Å²) in [6, 6.07) is 7.65. The molecule has 1 heterocycles. The molecule has 1 aromatic rings. The number of piperidine rings is 1. The Labute approximate surface area is 132 Å². The van der Waals surface area contributed by atoms with Crippen molar-refractivity contribution in [1.82, 2.24) is 10.2 Å². The number of carbonyl (C=O) groups excluding carboxylic acids is 1. The fraction of sp³-hybridized carbons (Fsp3) is 0.429. The number of amides is 1. The van der Waals surface area contributed by atoms with Crippen LogP contribution < -0.4 is 11.1 Å². The molecule has 20 heavy (non-hydrogen) atoms. The van der Waals surface area contributed by atoms with E-state index in [1.165, 1.54) is 0 Å². The van der Waals surface area contributed by atoms with Crippen LogP contribution in [-0.2, 0) is 0 Å². The Morgan fingerprint density at radius 1 is 1.45 bits per heavy atom. The molecule has 0 bridgehead atoms. The molecular weight excluding hydrogens is 338 g/mol. The predicted octanol–water partition coefficient (Wildman–Crippen LogP) is 1.93. The van der Waals surface area contributed by atoms with E-state index in [-0.39, 0.29) is 11.9 Å². The summed E-state index contributed by atoms with van der Waals surface area (Å²) in [7, 11) is 0. The van der Waals surface area contributed by atoms with Gasteiger partial charge < -0.3 is 11.1 Å². The number of hydrogen-bond acceptors (Lipinski definition) is 3. The molecule has 108 valence electrons. The zero-order valence-electron chi connectivity index (χ0n) is 11.1. The Kier molecular flexibility index (Phi) is 5.51. The smallest absolute Gasteiger partial charge is 0.251 e. The van der Waals surface area contributed by atoms with Crippen LogP contribution in [0.25, 0.3) is 0 Å². The molecule has 0 spiro atoms. The molecule has 1 fully saturated rings. The van der Waals surface area contributed by atoms with Crippen LogP contribution in [0.2, 0.25) is 0 Å². The molecule has 3 N–H and O–H groups in total. The number of rotatable bonds is 4. The van der Waals surface area contributed by atoms with E-state index in [0.29, 0.717) is 17.1 Å². The quantitative estimate of drug-likeness (QED) is 0.810. The lowest BCUT2D eigenvalue weighted by atomic mass is 10.0. The van der Waals surface area contributed by atoms with Crippen LogP contribution in [0.4, 0.5) is 0 Å². The fourth-order valence-electron chi connectivity index (χ4n) is 2.35. The topological polar surface area (TPSA) is 58.4 Å². The molecule has 1 saturated heterocycles. The second-order valence-electron chi connectivity index (χ2n) is 5.00. The first-order chi connectivity index (χ1) is 9.54. The molecule has 0 aliphatic carbocycles. The van der Waals surface area contributed by atoms with Crippen LogP contribution in [0.1, 0.15) is 23.2 Å². The summed E-state index contributed by atoms with van der Waals surface area (Å²) < 4.78 is 0.913. The van der Waals surface area contributed by atoms with E-state index in [9.17, 15) is 4.79 Å². The second kappa shape index (κ2) is 7.15. The summed E-state index contributed by atoms with van der Waals surface area (Å²) in [6.45, 7) is 2.50. The lowest BCUT2D eigenvalue weighted by Crippen LogP contribution is -2.46. The average Bonchev–Trinajstić information content (AvgIpc) is 2.40. The van der Waals surface area contributed by atoms with E-state index in [4.69, 9.17) is 18.0 Å². The molecule has 1 aliphatic rings. The standard InChI is InChI=1S/C14H18BrN3OS/c15-11-3-1-2-10(8-11)14(19)17-12-4-6-18(7-5-12)9-13(16)20/h1-3,8,12H,4-7,9H2,(H2,16,20)(H,17,19). The number of carbonyl (C=O) groups is 1. The molecule has 0 atom stereocenters. The maximum absolute atomic E-state index is 12.1. The van der Waals surface area contributed by atoms with E-state index in [1.54, 1.807) is 0 Å². The average molecular weight is 356 g/mol. The first-order valence-electron chi connectivity index (χ1n) is 6.61. The van der Waals surface area contributed by atoms with Crippen LogP contribution in [0, 0.1) is 0 Å². The van der Waals surface area contributed by atoms with Crippen molar-refractivity contribution in [3.8, 4) is 0 Å². The van der Waals surface area contributed by atoms with Gasteiger partial charge in [0.05, 0.1) is 4.99 Å². The largest absolute Gasteiger partial charge is 0.392 e. The molecule has 0 saturated carbocycles. The Bertz CT molecular complexity index is 501. The Morgan fingerprint density at radius 3 is 2.75 bits per heavy atom. The van der Waals surface area contributed by atoms with Crippen molar-refractivity contribution in [2.75, 3.05) is 19.6 Å². The number of thiocarbonyl (C=S) groups is 1. The zero-order valence-corrected chi connectivity index (χ0v) is 13.5. The summed E-state index contributed by atoms with van der Waals surface area (Å²) >= 11 is 8.29. The van der Waals surface area contributed by atoms with Gasteiger partial charge in [0, 0.05) is 35.7 Å². The van der Waals surface area contributed by atoms with Crippen LogP contribution >= 0.6 is 28.1 Å².